The molecule has 3 aromatic rings. The van der Waals surface area contributed by atoms with Crippen molar-refractivity contribution >= 4 is 34.2 Å². The lowest BCUT2D eigenvalue weighted by molar-refractivity contribution is 0.0847. The van der Waals surface area contributed by atoms with Gasteiger partial charge in [-0.2, -0.15) is 0 Å². The van der Waals surface area contributed by atoms with E-state index in [1.54, 1.807) is 24.3 Å². The number of nitrogens with one attached hydrogen (secondary N) is 2. The maximum absolute atomic E-state index is 12.2. The van der Waals surface area contributed by atoms with Gasteiger partial charge in [-0.05, 0) is 47.0 Å². The van der Waals surface area contributed by atoms with E-state index in [0.29, 0.717) is 17.0 Å². The number of carbonyl (C=O) groups excluding carboxylic acids is 2. The quantitative estimate of drug-likeness (QED) is 0.555. The third-order valence-corrected chi connectivity index (χ3v) is 4.09. The summed E-state index contributed by atoms with van der Waals surface area (Å²) in [6.07, 6.45) is 0.752. The van der Waals surface area contributed by atoms with E-state index in [0.717, 1.165) is 22.8 Å². The number of rotatable bonds is 4. The highest BCUT2D eigenvalue weighted by molar-refractivity contribution is 6.18. The second-order valence-electron chi connectivity index (χ2n) is 5.61. The molecule has 0 radical (unpaired) electrons. The van der Waals surface area contributed by atoms with Gasteiger partial charge in [0.05, 0.1) is 0 Å². The minimum absolute atomic E-state index is 0.363. The van der Waals surface area contributed by atoms with E-state index < -0.39 is 0 Å². The molecule has 3 aromatic carbocycles. The predicted molar refractivity (Wildman–Crippen MR) is 99.7 cm³/mol. The van der Waals surface area contributed by atoms with E-state index in [4.69, 9.17) is 11.6 Å². The molecule has 0 aliphatic carbocycles. The first-order valence-corrected chi connectivity index (χ1v) is 8.45. The molecule has 0 aromatic heterocycles. The van der Waals surface area contributed by atoms with Crippen molar-refractivity contribution in [3.63, 3.8) is 0 Å². The second-order valence-corrected chi connectivity index (χ2v) is 5.98. The molecular weight excluding hydrogens is 336 g/mol. The van der Waals surface area contributed by atoms with Gasteiger partial charge in [-0.3, -0.25) is 20.4 Å². The SMILES string of the molecule is O=C(NNC(=O)c1ccc2ccccc2c1)c1ccc(CCCl)cc1. The fraction of sp³-hybridized carbons (Fsp3) is 0.100. The number of amides is 2. The number of carbonyl (C=O) groups is 2. The van der Waals surface area contributed by atoms with Crippen molar-refractivity contribution in [3.8, 4) is 0 Å². The maximum Gasteiger partial charge on any atom is 0.269 e. The Kier molecular flexibility index (Phi) is 5.31. The first-order chi connectivity index (χ1) is 12.2. The Bertz CT molecular complexity index is 907. The Morgan fingerprint density at radius 2 is 1.36 bits per heavy atom. The molecule has 4 nitrogen and oxygen atoms in total. The van der Waals surface area contributed by atoms with Crippen LogP contribution in [-0.4, -0.2) is 17.7 Å². The molecule has 0 aliphatic heterocycles. The Morgan fingerprint density at radius 1 is 0.760 bits per heavy atom. The molecule has 0 heterocycles. The van der Waals surface area contributed by atoms with Crippen molar-refractivity contribution in [1.29, 1.82) is 0 Å². The monoisotopic (exact) mass is 352 g/mol. The lowest BCUT2D eigenvalue weighted by Gasteiger charge is -2.08. The van der Waals surface area contributed by atoms with E-state index in [1.165, 1.54) is 0 Å². The molecule has 2 N–H and O–H groups in total. The third-order valence-electron chi connectivity index (χ3n) is 3.90. The summed E-state index contributed by atoms with van der Waals surface area (Å²) in [6, 6.07) is 20.3. The van der Waals surface area contributed by atoms with Gasteiger partial charge >= 0.3 is 0 Å². The van der Waals surface area contributed by atoms with Gasteiger partial charge in [0, 0.05) is 17.0 Å². The smallest absolute Gasteiger partial charge is 0.267 e. The molecule has 0 bridgehead atoms. The molecule has 0 unspecified atom stereocenters. The van der Waals surface area contributed by atoms with E-state index in [9.17, 15) is 9.59 Å². The van der Waals surface area contributed by atoms with E-state index >= 15 is 0 Å². The van der Waals surface area contributed by atoms with E-state index in [1.807, 2.05) is 42.5 Å². The highest BCUT2D eigenvalue weighted by atomic mass is 35.5. The Hall–Kier alpha value is -2.85. The van der Waals surface area contributed by atoms with Crippen molar-refractivity contribution < 1.29 is 9.59 Å². The van der Waals surface area contributed by atoms with Gasteiger partial charge in [0.25, 0.3) is 11.8 Å². The molecule has 126 valence electrons. The molecule has 0 spiro atoms. The van der Waals surface area contributed by atoms with Crippen LogP contribution >= 0.6 is 11.6 Å². The van der Waals surface area contributed by atoms with Crippen molar-refractivity contribution in [2.24, 2.45) is 0 Å². The molecule has 2 amide bonds. The van der Waals surface area contributed by atoms with Crippen molar-refractivity contribution in [3.05, 3.63) is 83.4 Å². The summed E-state index contributed by atoms with van der Waals surface area (Å²) in [6.45, 7) is 0. The summed E-state index contributed by atoms with van der Waals surface area (Å²) in [7, 11) is 0. The van der Waals surface area contributed by atoms with Crippen molar-refractivity contribution in [1.82, 2.24) is 10.9 Å². The van der Waals surface area contributed by atoms with Crippen LogP contribution in [0.5, 0.6) is 0 Å². The summed E-state index contributed by atoms with van der Waals surface area (Å²) in [5.41, 5.74) is 6.89. The van der Waals surface area contributed by atoms with Crippen LogP contribution < -0.4 is 10.9 Å². The van der Waals surface area contributed by atoms with Gasteiger partial charge in [0.2, 0.25) is 0 Å². The average molecular weight is 353 g/mol. The number of fused-ring (bicyclic) bond motifs is 1. The fourth-order valence-electron chi connectivity index (χ4n) is 2.52. The largest absolute Gasteiger partial charge is 0.269 e. The molecule has 3 rings (SSSR count). The topological polar surface area (TPSA) is 58.2 Å². The van der Waals surface area contributed by atoms with Gasteiger partial charge in [-0.25, -0.2) is 0 Å². The maximum atomic E-state index is 12.2. The summed E-state index contributed by atoms with van der Waals surface area (Å²) in [4.78, 5) is 24.3. The minimum Gasteiger partial charge on any atom is -0.267 e. The summed E-state index contributed by atoms with van der Waals surface area (Å²) < 4.78 is 0. The molecule has 0 fully saturated rings. The zero-order valence-electron chi connectivity index (χ0n) is 13.5. The first-order valence-electron chi connectivity index (χ1n) is 7.92. The number of halogens is 1. The van der Waals surface area contributed by atoms with Gasteiger partial charge in [0.1, 0.15) is 0 Å². The number of benzene rings is 3. The Balaban J connectivity index is 1.63. The highest BCUT2D eigenvalue weighted by Gasteiger charge is 2.09. The number of hydrogen-bond donors (Lipinski definition) is 2. The fourth-order valence-corrected chi connectivity index (χ4v) is 2.74. The van der Waals surface area contributed by atoms with E-state index in [-0.39, 0.29) is 11.8 Å². The summed E-state index contributed by atoms with van der Waals surface area (Å²) in [5, 5.41) is 2.02. The van der Waals surface area contributed by atoms with Crippen LogP contribution in [0.2, 0.25) is 0 Å². The van der Waals surface area contributed by atoms with Gasteiger partial charge in [-0.1, -0.05) is 42.5 Å². The molecule has 0 atom stereocenters. The van der Waals surface area contributed by atoms with Crippen LogP contribution in [0.25, 0.3) is 10.8 Å². The summed E-state index contributed by atoms with van der Waals surface area (Å²) in [5.74, 6) is -0.197. The van der Waals surface area contributed by atoms with Crippen LogP contribution in [0.15, 0.2) is 66.7 Å². The molecule has 0 saturated heterocycles. The van der Waals surface area contributed by atoms with Crippen LogP contribution in [-0.2, 0) is 6.42 Å². The zero-order chi connectivity index (χ0) is 17.6. The lowest BCUT2D eigenvalue weighted by atomic mass is 10.1. The third kappa shape index (κ3) is 4.17. The van der Waals surface area contributed by atoms with Crippen molar-refractivity contribution in [2.45, 2.75) is 6.42 Å². The molecule has 0 aliphatic rings. The van der Waals surface area contributed by atoms with Crippen LogP contribution in [0.4, 0.5) is 0 Å². The average Bonchev–Trinajstić information content (AvgIpc) is 2.66. The molecule has 5 heteroatoms. The molecular formula is C20H17ClN2O2. The first kappa shape index (κ1) is 17.0. The number of alkyl halides is 1. The van der Waals surface area contributed by atoms with E-state index in [2.05, 4.69) is 10.9 Å². The van der Waals surface area contributed by atoms with Crippen LogP contribution in [0, 0.1) is 0 Å². The van der Waals surface area contributed by atoms with Gasteiger partial charge < -0.3 is 0 Å². The van der Waals surface area contributed by atoms with Gasteiger partial charge in [-0.15, -0.1) is 11.6 Å². The Morgan fingerprint density at radius 3 is 2.04 bits per heavy atom. The van der Waals surface area contributed by atoms with Crippen molar-refractivity contribution in [2.75, 3.05) is 5.88 Å². The molecule has 0 saturated carbocycles. The highest BCUT2D eigenvalue weighted by Crippen LogP contribution is 2.15. The van der Waals surface area contributed by atoms with Gasteiger partial charge in [0.15, 0.2) is 0 Å². The lowest BCUT2D eigenvalue weighted by Crippen LogP contribution is -2.41. The normalized spacial score (nSPS) is 10.4. The number of hydrazine groups is 1. The second kappa shape index (κ2) is 7.81. The van der Waals surface area contributed by atoms with Crippen LogP contribution in [0.3, 0.4) is 0 Å². The predicted octanol–water partition coefficient (Wildman–Crippen LogP) is 3.70. The summed E-state index contributed by atoms with van der Waals surface area (Å²) >= 11 is 5.69. The number of aryl methyl sites for hydroxylation is 1. The molecule has 25 heavy (non-hydrogen) atoms. The standard InChI is InChI=1S/C20H17ClN2O2/c21-12-11-14-5-7-16(8-6-14)19(24)22-23-20(25)18-10-9-15-3-1-2-4-17(15)13-18/h1-10,13H,11-12H2,(H,22,24)(H,23,25). The zero-order valence-corrected chi connectivity index (χ0v) is 14.2. The minimum atomic E-state index is -0.369. The van der Waals surface area contributed by atoms with Crippen LogP contribution in [0.1, 0.15) is 26.3 Å². The number of hydrogen-bond acceptors (Lipinski definition) is 2. The Labute approximate surface area is 150 Å².